The minimum absolute atomic E-state index is 0.269. The van der Waals surface area contributed by atoms with E-state index in [4.69, 9.17) is 0 Å². The van der Waals surface area contributed by atoms with Crippen molar-refractivity contribution in [3.05, 3.63) is 12.7 Å². The van der Waals surface area contributed by atoms with Crippen LogP contribution in [0, 0.1) is 0 Å². The van der Waals surface area contributed by atoms with Crippen LogP contribution >= 0.6 is 0 Å². The summed E-state index contributed by atoms with van der Waals surface area (Å²) in [7, 11) is -3.54. The van der Waals surface area contributed by atoms with Gasteiger partial charge in [0.15, 0.2) is 9.84 Å². The van der Waals surface area contributed by atoms with Crippen molar-refractivity contribution in [2.45, 2.75) is 11.7 Å². The van der Waals surface area contributed by atoms with E-state index < -0.39 is 26.9 Å². The van der Waals surface area contributed by atoms with Crippen LogP contribution in [0.3, 0.4) is 0 Å². The summed E-state index contributed by atoms with van der Waals surface area (Å²) in [6.07, 6.45) is 0.931. The van der Waals surface area contributed by atoms with Crippen LogP contribution in [0.5, 0.6) is 0 Å². The van der Waals surface area contributed by atoms with Gasteiger partial charge in [0, 0.05) is 0 Å². The molecule has 0 aliphatic carbocycles. The first kappa shape index (κ1) is 9.91. The van der Waals surface area contributed by atoms with Crippen LogP contribution in [0.4, 0.5) is 0 Å². The zero-order chi connectivity index (χ0) is 10.1. The van der Waals surface area contributed by atoms with E-state index in [1.165, 1.54) is 6.08 Å². The molecule has 1 unspecified atom stereocenters. The Bertz CT molecular complexity index is 357. The summed E-state index contributed by atoms with van der Waals surface area (Å²) in [5.74, 6) is -1.55. The van der Waals surface area contributed by atoms with Crippen LogP contribution in [-0.4, -0.2) is 31.2 Å². The van der Waals surface area contributed by atoms with Gasteiger partial charge in [0.05, 0.1) is 12.2 Å². The van der Waals surface area contributed by atoms with Gasteiger partial charge in [-0.3, -0.25) is 14.9 Å². The molecule has 0 radical (unpaired) electrons. The molecule has 1 atom stereocenters. The number of hydrogen-bond donors (Lipinski definition) is 1. The van der Waals surface area contributed by atoms with Crippen molar-refractivity contribution in [3.63, 3.8) is 0 Å². The number of amides is 2. The summed E-state index contributed by atoms with van der Waals surface area (Å²) < 4.78 is 22.6. The molecule has 1 aliphatic rings. The molecular formula is C7H9NO4S. The quantitative estimate of drug-likeness (QED) is 0.471. The van der Waals surface area contributed by atoms with Gasteiger partial charge in [-0.1, -0.05) is 6.08 Å². The predicted molar refractivity (Wildman–Crippen MR) is 45.5 cm³/mol. The molecule has 0 aromatic rings. The Morgan fingerprint density at radius 2 is 2.15 bits per heavy atom. The SMILES string of the molecule is C=CCS(=O)(=O)C1CC(=O)NC1=O. The van der Waals surface area contributed by atoms with Gasteiger partial charge >= 0.3 is 0 Å². The van der Waals surface area contributed by atoms with E-state index in [1.54, 1.807) is 0 Å². The van der Waals surface area contributed by atoms with Gasteiger partial charge in [-0.25, -0.2) is 8.42 Å². The second kappa shape index (κ2) is 3.29. The van der Waals surface area contributed by atoms with Crippen molar-refractivity contribution in [2.75, 3.05) is 5.75 Å². The Morgan fingerprint density at radius 1 is 1.54 bits per heavy atom. The molecule has 6 heteroatoms. The lowest BCUT2D eigenvalue weighted by Crippen LogP contribution is -2.31. The second-order valence-electron chi connectivity index (χ2n) is 2.72. The van der Waals surface area contributed by atoms with Gasteiger partial charge < -0.3 is 0 Å². The van der Waals surface area contributed by atoms with Crippen LogP contribution in [-0.2, 0) is 19.4 Å². The summed E-state index contributed by atoms with van der Waals surface area (Å²) in [5.41, 5.74) is 0. The van der Waals surface area contributed by atoms with Crippen LogP contribution in [0.2, 0.25) is 0 Å². The first-order valence-corrected chi connectivity index (χ1v) is 5.35. The maximum atomic E-state index is 11.3. The smallest absolute Gasteiger partial charge is 0.245 e. The van der Waals surface area contributed by atoms with E-state index in [0.29, 0.717) is 0 Å². The van der Waals surface area contributed by atoms with Gasteiger partial charge in [0.1, 0.15) is 5.25 Å². The van der Waals surface area contributed by atoms with Gasteiger partial charge in [-0.15, -0.1) is 6.58 Å². The Morgan fingerprint density at radius 3 is 2.54 bits per heavy atom. The summed E-state index contributed by atoms with van der Waals surface area (Å²) >= 11 is 0. The standard InChI is InChI=1S/C7H9NO4S/c1-2-3-13(11,12)5-4-6(9)8-7(5)10/h2,5H,1,3-4H2,(H,8,9,10). The summed E-state index contributed by atoms with van der Waals surface area (Å²) in [6.45, 7) is 3.27. The molecule has 1 saturated heterocycles. The van der Waals surface area contributed by atoms with Crippen molar-refractivity contribution in [3.8, 4) is 0 Å². The van der Waals surface area contributed by atoms with Crippen molar-refractivity contribution in [1.82, 2.24) is 5.32 Å². The van der Waals surface area contributed by atoms with Crippen LogP contribution in [0.25, 0.3) is 0 Å². The van der Waals surface area contributed by atoms with Crippen molar-refractivity contribution >= 4 is 21.7 Å². The van der Waals surface area contributed by atoms with Gasteiger partial charge in [0.25, 0.3) is 0 Å². The third-order valence-corrected chi connectivity index (χ3v) is 3.66. The molecule has 1 heterocycles. The van der Waals surface area contributed by atoms with Crippen molar-refractivity contribution in [2.24, 2.45) is 0 Å². The molecule has 0 spiro atoms. The van der Waals surface area contributed by atoms with E-state index in [1.807, 2.05) is 5.32 Å². The Labute approximate surface area is 75.7 Å². The minimum Gasteiger partial charge on any atom is -0.295 e. The topological polar surface area (TPSA) is 80.3 Å². The highest BCUT2D eigenvalue weighted by Crippen LogP contribution is 2.13. The first-order chi connectivity index (χ1) is 5.97. The van der Waals surface area contributed by atoms with Crippen LogP contribution < -0.4 is 5.32 Å². The third kappa shape index (κ3) is 1.95. The minimum atomic E-state index is -3.54. The maximum absolute atomic E-state index is 11.3. The van der Waals surface area contributed by atoms with Gasteiger partial charge in [-0.2, -0.15) is 0 Å². The number of carbonyl (C=O) groups is 2. The van der Waals surface area contributed by atoms with Gasteiger partial charge in [0.2, 0.25) is 11.8 Å². The molecule has 1 aliphatic heterocycles. The Hall–Kier alpha value is -1.17. The highest BCUT2D eigenvalue weighted by atomic mass is 32.2. The Balaban J connectivity index is 2.90. The number of nitrogens with one attached hydrogen (secondary N) is 1. The monoisotopic (exact) mass is 203 g/mol. The van der Waals surface area contributed by atoms with Crippen LogP contribution in [0.1, 0.15) is 6.42 Å². The molecule has 2 amide bonds. The van der Waals surface area contributed by atoms with Crippen LogP contribution in [0.15, 0.2) is 12.7 Å². The summed E-state index contributed by atoms with van der Waals surface area (Å²) in [4.78, 5) is 21.7. The zero-order valence-corrected chi connectivity index (χ0v) is 7.63. The molecule has 1 fully saturated rings. The van der Waals surface area contributed by atoms with E-state index in [9.17, 15) is 18.0 Å². The fraction of sp³-hybridized carbons (Fsp3) is 0.429. The maximum Gasteiger partial charge on any atom is 0.245 e. The highest BCUT2D eigenvalue weighted by molar-refractivity contribution is 7.93. The number of carbonyl (C=O) groups excluding carboxylic acids is 2. The molecule has 72 valence electrons. The number of rotatable bonds is 3. The lowest BCUT2D eigenvalue weighted by molar-refractivity contribution is -0.124. The van der Waals surface area contributed by atoms with Crippen molar-refractivity contribution in [1.29, 1.82) is 0 Å². The third-order valence-electron chi connectivity index (χ3n) is 1.71. The molecule has 0 aromatic heterocycles. The van der Waals surface area contributed by atoms with E-state index in [-0.39, 0.29) is 12.2 Å². The van der Waals surface area contributed by atoms with E-state index >= 15 is 0 Å². The molecule has 5 nitrogen and oxygen atoms in total. The second-order valence-corrected chi connectivity index (χ2v) is 4.95. The summed E-state index contributed by atoms with van der Waals surface area (Å²) in [6, 6.07) is 0. The van der Waals surface area contributed by atoms with Gasteiger partial charge in [-0.05, 0) is 0 Å². The lowest BCUT2D eigenvalue weighted by atomic mass is 10.4. The normalized spacial score (nSPS) is 22.9. The largest absolute Gasteiger partial charge is 0.295 e. The predicted octanol–water partition coefficient (Wildman–Crippen LogP) is -0.998. The lowest BCUT2D eigenvalue weighted by Gasteiger charge is -2.04. The molecule has 1 N–H and O–H groups in total. The summed E-state index contributed by atoms with van der Waals surface area (Å²) in [5, 5.41) is 0.716. The molecule has 0 bridgehead atoms. The Kier molecular flexibility index (Phi) is 2.51. The average molecular weight is 203 g/mol. The fourth-order valence-corrected chi connectivity index (χ4v) is 2.45. The highest BCUT2D eigenvalue weighted by Gasteiger charge is 2.39. The molecule has 1 rings (SSSR count). The van der Waals surface area contributed by atoms with Crippen molar-refractivity contribution < 1.29 is 18.0 Å². The van der Waals surface area contributed by atoms with E-state index in [2.05, 4.69) is 6.58 Å². The molecule has 13 heavy (non-hydrogen) atoms. The van der Waals surface area contributed by atoms with E-state index in [0.717, 1.165) is 0 Å². The molecule has 0 aromatic carbocycles. The first-order valence-electron chi connectivity index (χ1n) is 3.63. The fourth-order valence-electron chi connectivity index (χ4n) is 1.10. The molecular weight excluding hydrogens is 194 g/mol. The average Bonchev–Trinajstić information content (AvgIpc) is 2.30. The zero-order valence-electron chi connectivity index (χ0n) is 6.82. The number of imide groups is 1. The number of hydrogen-bond acceptors (Lipinski definition) is 4. The molecule has 0 saturated carbocycles. The number of sulfone groups is 1.